The van der Waals surface area contributed by atoms with Crippen LogP contribution in [0.4, 0.5) is 14.7 Å². The molecular formula is C17H14ClF2N5O3S2. The molecule has 0 aliphatic heterocycles. The molecule has 13 heteroatoms. The van der Waals surface area contributed by atoms with Gasteiger partial charge in [0.2, 0.25) is 11.8 Å². The van der Waals surface area contributed by atoms with Crippen molar-refractivity contribution >= 4 is 50.2 Å². The first-order valence-corrected chi connectivity index (χ1v) is 11.0. The molecule has 30 heavy (non-hydrogen) atoms. The third kappa shape index (κ3) is 4.58. The lowest BCUT2D eigenvalue weighted by Crippen LogP contribution is -2.15. The van der Waals surface area contributed by atoms with E-state index in [1.807, 2.05) is 6.07 Å². The van der Waals surface area contributed by atoms with Crippen molar-refractivity contribution in [2.24, 2.45) is 0 Å². The number of nitriles is 1. The zero-order valence-corrected chi connectivity index (χ0v) is 17.7. The summed E-state index contributed by atoms with van der Waals surface area (Å²) in [5.74, 6) is -2.83. The van der Waals surface area contributed by atoms with Crippen LogP contribution in [-0.2, 0) is 16.4 Å². The topological polar surface area (TPSA) is 121 Å². The van der Waals surface area contributed by atoms with E-state index in [-0.39, 0.29) is 55.7 Å². The summed E-state index contributed by atoms with van der Waals surface area (Å²) in [6, 6.07) is 4.77. The summed E-state index contributed by atoms with van der Waals surface area (Å²) in [6.07, 6.45) is 3.12. The van der Waals surface area contributed by atoms with E-state index in [0.29, 0.717) is 12.0 Å². The fourth-order valence-corrected chi connectivity index (χ4v) is 4.76. The van der Waals surface area contributed by atoms with E-state index in [2.05, 4.69) is 19.7 Å². The number of nitrogens with one attached hydrogen (secondary N) is 2. The number of ether oxygens (including phenoxy) is 1. The van der Waals surface area contributed by atoms with Gasteiger partial charge in [-0.15, -0.1) is 0 Å². The summed E-state index contributed by atoms with van der Waals surface area (Å²) >= 11 is 6.21. The van der Waals surface area contributed by atoms with Crippen LogP contribution in [0.3, 0.4) is 0 Å². The molecule has 0 unspecified atom stereocenters. The largest absolute Gasteiger partial charge is 0.481 e. The number of hydrogen-bond acceptors (Lipinski definition) is 7. The molecule has 0 atom stereocenters. The molecule has 0 bridgehead atoms. The molecule has 0 aliphatic rings. The third-order valence-electron chi connectivity index (χ3n) is 3.97. The first kappa shape index (κ1) is 22.1. The van der Waals surface area contributed by atoms with Crippen molar-refractivity contribution in [3.05, 3.63) is 35.1 Å². The number of anilines is 1. The number of aryl methyl sites for hydroxylation is 1. The number of methoxy groups -OCH3 is 1. The van der Waals surface area contributed by atoms with E-state index in [1.54, 1.807) is 0 Å². The highest BCUT2D eigenvalue weighted by molar-refractivity contribution is 8.00. The average molecular weight is 474 g/mol. The van der Waals surface area contributed by atoms with Gasteiger partial charge in [0.15, 0.2) is 0 Å². The average Bonchev–Trinajstić information content (AvgIpc) is 3.14. The Morgan fingerprint density at radius 2 is 2.20 bits per heavy atom. The maximum absolute atomic E-state index is 12.9. The minimum Gasteiger partial charge on any atom is -0.481 e. The van der Waals surface area contributed by atoms with Gasteiger partial charge < -0.3 is 9.72 Å². The summed E-state index contributed by atoms with van der Waals surface area (Å²) in [4.78, 5) is 10.5. The number of rotatable bonds is 8. The monoisotopic (exact) mass is 473 g/mol. The Labute approximate surface area is 179 Å². The molecule has 158 valence electrons. The van der Waals surface area contributed by atoms with Gasteiger partial charge in [0.25, 0.3) is 15.8 Å². The number of benzene rings is 1. The lowest BCUT2D eigenvalue weighted by Gasteiger charge is -2.10. The maximum Gasteiger partial charge on any atom is 0.289 e. The lowest BCUT2D eigenvalue weighted by atomic mass is 10.2. The number of thioether (sulfide) groups is 1. The van der Waals surface area contributed by atoms with Gasteiger partial charge in [-0.3, -0.25) is 0 Å². The van der Waals surface area contributed by atoms with Crippen molar-refractivity contribution in [2.75, 3.05) is 11.8 Å². The second-order valence-electron chi connectivity index (χ2n) is 5.82. The standard InChI is InChI=1S/C17H14ClF2N5O3S2/c1-28-15-9(3-2-6-21)7-23-17(24-15)25-30(26,27)12-8-22-13-10(12)4-5-11(18)14(13)29-16(19)20/h4-5,7-8,16,22H,2-3H2,1H3,(H,23,24,25). The van der Waals surface area contributed by atoms with E-state index in [4.69, 9.17) is 21.6 Å². The van der Waals surface area contributed by atoms with Gasteiger partial charge in [0.1, 0.15) is 4.90 Å². The Balaban J connectivity index is 1.97. The molecule has 3 rings (SSSR count). The van der Waals surface area contributed by atoms with Crippen LogP contribution >= 0.6 is 23.4 Å². The van der Waals surface area contributed by atoms with Gasteiger partial charge in [0, 0.05) is 29.8 Å². The number of H-pyrrole nitrogens is 1. The van der Waals surface area contributed by atoms with Crippen LogP contribution in [0.2, 0.25) is 5.02 Å². The number of aromatic amines is 1. The molecule has 2 heterocycles. The molecule has 0 radical (unpaired) electrons. The van der Waals surface area contributed by atoms with Crippen LogP contribution in [0.25, 0.3) is 10.9 Å². The molecule has 8 nitrogen and oxygen atoms in total. The van der Waals surface area contributed by atoms with Gasteiger partial charge in [-0.1, -0.05) is 23.4 Å². The Hall–Kier alpha value is -2.62. The summed E-state index contributed by atoms with van der Waals surface area (Å²) in [5.41, 5.74) is 0.732. The van der Waals surface area contributed by atoms with Gasteiger partial charge in [-0.05, 0) is 18.6 Å². The third-order valence-corrected chi connectivity index (χ3v) is 6.60. The maximum atomic E-state index is 12.9. The number of sulfonamides is 1. The summed E-state index contributed by atoms with van der Waals surface area (Å²) < 4.78 is 58.8. The molecule has 0 amide bonds. The van der Waals surface area contributed by atoms with E-state index in [9.17, 15) is 17.2 Å². The molecule has 0 saturated heterocycles. The molecule has 0 aliphatic carbocycles. The highest BCUT2D eigenvalue weighted by atomic mass is 35.5. The van der Waals surface area contributed by atoms with Crippen molar-refractivity contribution in [1.82, 2.24) is 15.0 Å². The van der Waals surface area contributed by atoms with Gasteiger partial charge in [-0.2, -0.15) is 19.0 Å². The number of fused-ring (bicyclic) bond motifs is 1. The lowest BCUT2D eigenvalue weighted by molar-refractivity contribution is 0.252. The number of halogens is 3. The van der Waals surface area contributed by atoms with E-state index in [0.717, 1.165) is 0 Å². The molecule has 1 aromatic carbocycles. The minimum atomic E-state index is -4.16. The molecule has 2 aromatic heterocycles. The summed E-state index contributed by atoms with van der Waals surface area (Å²) in [5, 5.41) is 8.96. The SMILES string of the molecule is COc1nc(NS(=O)(=O)c2c[nH]c3c(SC(F)F)c(Cl)ccc23)ncc1CCC#N. The van der Waals surface area contributed by atoms with E-state index < -0.39 is 15.8 Å². The van der Waals surface area contributed by atoms with Crippen molar-refractivity contribution in [2.45, 2.75) is 28.4 Å². The highest BCUT2D eigenvalue weighted by Gasteiger charge is 2.24. The van der Waals surface area contributed by atoms with Crippen LogP contribution in [0.15, 0.2) is 34.3 Å². The zero-order valence-electron chi connectivity index (χ0n) is 15.3. The highest BCUT2D eigenvalue weighted by Crippen LogP contribution is 2.39. The Bertz CT molecular complexity index is 1230. The van der Waals surface area contributed by atoms with Gasteiger partial charge in [0.05, 0.1) is 28.6 Å². The second kappa shape index (κ2) is 9.03. The first-order valence-electron chi connectivity index (χ1n) is 8.31. The number of nitrogens with zero attached hydrogens (tertiary/aromatic N) is 3. The predicted octanol–water partition coefficient (Wildman–Crippen LogP) is 4.19. The number of hydrogen-bond donors (Lipinski definition) is 2. The fraction of sp³-hybridized carbons (Fsp3) is 0.235. The van der Waals surface area contributed by atoms with Crippen LogP contribution in [0.5, 0.6) is 5.88 Å². The Morgan fingerprint density at radius 1 is 1.43 bits per heavy atom. The zero-order chi connectivity index (χ0) is 21.9. The van der Waals surface area contributed by atoms with Gasteiger partial charge >= 0.3 is 0 Å². The smallest absolute Gasteiger partial charge is 0.289 e. The Morgan fingerprint density at radius 3 is 2.87 bits per heavy atom. The molecule has 0 spiro atoms. The van der Waals surface area contributed by atoms with Crippen molar-refractivity contribution in [3.8, 4) is 11.9 Å². The van der Waals surface area contributed by atoms with Gasteiger partial charge in [-0.25, -0.2) is 18.1 Å². The quantitative estimate of drug-likeness (QED) is 0.470. The molecule has 0 fully saturated rings. The Kier molecular flexibility index (Phi) is 6.64. The normalized spacial score (nSPS) is 11.6. The molecule has 3 aromatic rings. The molecule has 2 N–H and O–H groups in total. The first-order chi connectivity index (χ1) is 14.3. The molecular weight excluding hydrogens is 460 g/mol. The van der Waals surface area contributed by atoms with Crippen molar-refractivity contribution < 1.29 is 21.9 Å². The number of alkyl halides is 2. The van der Waals surface area contributed by atoms with Crippen LogP contribution in [-0.4, -0.2) is 36.2 Å². The second-order valence-corrected chi connectivity index (χ2v) is 8.88. The van der Waals surface area contributed by atoms with Crippen LogP contribution in [0, 0.1) is 11.3 Å². The fourth-order valence-electron chi connectivity index (χ4n) is 2.70. The van der Waals surface area contributed by atoms with E-state index >= 15 is 0 Å². The summed E-state index contributed by atoms with van der Waals surface area (Å²) in [7, 11) is -2.80. The minimum absolute atomic E-state index is 0.0466. The van der Waals surface area contributed by atoms with Crippen molar-refractivity contribution in [1.29, 1.82) is 5.26 Å². The summed E-state index contributed by atoms with van der Waals surface area (Å²) in [6.45, 7) is 0. The molecule has 0 saturated carbocycles. The predicted molar refractivity (Wildman–Crippen MR) is 108 cm³/mol. The van der Waals surface area contributed by atoms with Crippen LogP contribution < -0.4 is 9.46 Å². The van der Waals surface area contributed by atoms with Crippen molar-refractivity contribution in [3.63, 3.8) is 0 Å². The number of aromatic nitrogens is 3. The van der Waals surface area contributed by atoms with E-state index in [1.165, 1.54) is 31.6 Å². The van der Waals surface area contributed by atoms with Crippen LogP contribution in [0.1, 0.15) is 12.0 Å².